The normalized spacial score (nSPS) is 21.2. The van der Waals surface area contributed by atoms with Crippen molar-refractivity contribution in [3.05, 3.63) is 23.8 Å². The molecule has 2 unspecified atom stereocenters. The van der Waals surface area contributed by atoms with Crippen molar-refractivity contribution in [1.82, 2.24) is 5.32 Å². The standard InChI is InChI=1S/C12H16N2OS/c1-7(13-3)9-4-5-11-10(6-9)14-12(15)8(2)16-11/h4-8,13H,1-3H3,(H,14,15). The number of anilines is 1. The lowest BCUT2D eigenvalue weighted by Gasteiger charge is -2.23. The quantitative estimate of drug-likeness (QED) is 0.828. The van der Waals surface area contributed by atoms with Gasteiger partial charge in [-0.1, -0.05) is 6.07 Å². The molecule has 1 amide bonds. The van der Waals surface area contributed by atoms with Crippen molar-refractivity contribution in [2.24, 2.45) is 0 Å². The van der Waals surface area contributed by atoms with Gasteiger partial charge < -0.3 is 10.6 Å². The lowest BCUT2D eigenvalue weighted by atomic mass is 10.1. The van der Waals surface area contributed by atoms with Gasteiger partial charge in [-0.05, 0) is 38.6 Å². The van der Waals surface area contributed by atoms with E-state index in [4.69, 9.17) is 0 Å². The fourth-order valence-electron chi connectivity index (χ4n) is 1.66. The maximum absolute atomic E-state index is 11.6. The fraction of sp³-hybridized carbons (Fsp3) is 0.417. The minimum atomic E-state index is 0.0000682. The average Bonchev–Trinajstić information content (AvgIpc) is 2.29. The van der Waals surface area contributed by atoms with E-state index in [0.717, 1.165) is 10.6 Å². The van der Waals surface area contributed by atoms with Gasteiger partial charge in [-0.2, -0.15) is 0 Å². The third-order valence-corrected chi connectivity index (χ3v) is 4.05. The molecule has 2 rings (SSSR count). The number of thioether (sulfide) groups is 1. The zero-order valence-electron chi connectivity index (χ0n) is 9.70. The lowest BCUT2D eigenvalue weighted by Crippen LogP contribution is -2.26. The van der Waals surface area contributed by atoms with E-state index in [-0.39, 0.29) is 11.2 Å². The van der Waals surface area contributed by atoms with E-state index in [9.17, 15) is 4.79 Å². The Kier molecular flexibility index (Phi) is 3.21. The molecule has 4 heteroatoms. The molecular weight excluding hydrogens is 220 g/mol. The van der Waals surface area contributed by atoms with Crippen LogP contribution in [0.5, 0.6) is 0 Å². The number of nitrogens with one attached hydrogen (secondary N) is 2. The molecule has 3 nitrogen and oxygen atoms in total. The molecule has 0 saturated carbocycles. The van der Waals surface area contributed by atoms with Gasteiger partial charge in [0.2, 0.25) is 5.91 Å². The molecule has 2 atom stereocenters. The highest BCUT2D eigenvalue weighted by molar-refractivity contribution is 8.00. The second kappa shape index (κ2) is 4.47. The fourth-order valence-corrected chi connectivity index (χ4v) is 2.59. The first-order valence-corrected chi connectivity index (χ1v) is 6.28. The van der Waals surface area contributed by atoms with Crippen LogP contribution in [0.25, 0.3) is 0 Å². The van der Waals surface area contributed by atoms with Gasteiger partial charge in [-0.3, -0.25) is 4.79 Å². The maximum atomic E-state index is 11.6. The highest BCUT2D eigenvalue weighted by Crippen LogP contribution is 2.36. The molecule has 86 valence electrons. The van der Waals surface area contributed by atoms with E-state index in [1.54, 1.807) is 11.8 Å². The van der Waals surface area contributed by atoms with Crippen LogP contribution in [-0.2, 0) is 4.79 Å². The summed E-state index contributed by atoms with van der Waals surface area (Å²) in [7, 11) is 1.93. The molecule has 1 aromatic carbocycles. The van der Waals surface area contributed by atoms with E-state index < -0.39 is 0 Å². The van der Waals surface area contributed by atoms with Crippen molar-refractivity contribution in [3.63, 3.8) is 0 Å². The van der Waals surface area contributed by atoms with Crippen LogP contribution in [0, 0.1) is 0 Å². The number of carbonyl (C=O) groups is 1. The van der Waals surface area contributed by atoms with Gasteiger partial charge in [-0.25, -0.2) is 0 Å². The summed E-state index contributed by atoms with van der Waals surface area (Å²) in [6.07, 6.45) is 0. The van der Waals surface area contributed by atoms with Crippen molar-refractivity contribution in [2.45, 2.75) is 30.0 Å². The Labute approximate surface area is 100.0 Å². The predicted octanol–water partition coefficient (Wildman–Crippen LogP) is 2.40. The van der Waals surface area contributed by atoms with Gasteiger partial charge in [0.1, 0.15) is 0 Å². The minimum Gasteiger partial charge on any atom is -0.324 e. The van der Waals surface area contributed by atoms with Crippen LogP contribution in [-0.4, -0.2) is 18.2 Å². The van der Waals surface area contributed by atoms with Crippen LogP contribution < -0.4 is 10.6 Å². The maximum Gasteiger partial charge on any atom is 0.237 e. The SMILES string of the molecule is CNC(C)c1ccc2c(c1)NC(=O)C(C)S2. The van der Waals surface area contributed by atoms with Crippen LogP contribution in [0.1, 0.15) is 25.5 Å². The van der Waals surface area contributed by atoms with Crippen LogP contribution in [0.2, 0.25) is 0 Å². The first-order valence-electron chi connectivity index (χ1n) is 5.40. The number of benzene rings is 1. The number of amides is 1. The molecule has 1 aliphatic heterocycles. The van der Waals surface area contributed by atoms with Gasteiger partial charge in [0.05, 0.1) is 10.9 Å². The lowest BCUT2D eigenvalue weighted by molar-refractivity contribution is -0.115. The number of fused-ring (bicyclic) bond motifs is 1. The zero-order valence-corrected chi connectivity index (χ0v) is 10.5. The molecule has 0 fully saturated rings. The minimum absolute atomic E-state index is 0.0000682. The second-order valence-electron chi connectivity index (χ2n) is 4.02. The molecular formula is C12H16N2OS. The Hall–Kier alpha value is -1.000. The summed E-state index contributed by atoms with van der Waals surface area (Å²) in [5.74, 6) is 0.0896. The first kappa shape index (κ1) is 11.5. The molecule has 16 heavy (non-hydrogen) atoms. The molecule has 0 bridgehead atoms. The highest BCUT2D eigenvalue weighted by Gasteiger charge is 2.23. The van der Waals surface area contributed by atoms with Gasteiger partial charge >= 0.3 is 0 Å². The van der Waals surface area contributed by atoms with E-state index in [2.05, 4.69) is 29.7 Å². The Balaban J connectivity index is 2.32. The van der Waals surface area contributed by atoms with Crippen molar-refractivity contribution in [1.29, 1.82) is 0 Å². The molecule has 1 aromatic rings. The Morgan fingerprint density at radius 1 is 1.50 bits per heavy atom. The predicted molar refractivity (Wildman–Crippen MR) is 67.9 cm³/mol. The van der Waals surface area contributed by atoms with Gasteiger partial charge in [0.15, 0.2) is 0 Å². The third kappa shape index (κ3) is 2.08. The highest BCUT2D eigenvalue weighted by atomic mass is 32.2. The largest absolute Gasteiger partial charge is 0.324 e. The zero-order chi connectivity index (χ0) is 11.7. The average molecular weight is 236 g/mol. The van der Waals surface area contributed by atoms with Crippen molar-refractivity contribution in [3.8, 4) is 0 Å². The number of hydrogen-bond acceptors (Lipinski definition) is 3. The summed E-state index contributed by atoms with van der Waals surface area (Å²) >= 11 is 1.62. The third-order valence-electron chi connectivity index (χ3n) is 2.87. The van der Waals surface area contributed by atoms with E-state index in [0.29, 0.717) is 6.04 Å². The summed E-state index contributed by atoms with van der Waals surface area (Å²) in [5, 5.41) is 6.13. The summed E-state index contributed by atoms with van der Waals surface area (Å²) < 4.78 is 0. The molecule has 0 aromatic heterocycles. The summed E-state index contributed by atoms with van der Waals surface area (Å²) in [5.41, 5.74) is 2.13. The van der Waals surface area contributed by atoms with E-state index in [1.807, 2.05) is 20.0 Å². The van der Waals surface area contributed by atoms with Gasteiger partial charge in [0, 0.05) is 10.9 Å². The summed E-state index contributed by atoms with van der Waals surface area (Å²) in [4.78, 5) is 12.7. The Morgan fingerprint density at radius 3 is 2.94 bits per heavy atom. The summed E-state index contributed by atoms with van der Waals surface area (Å²) in [6.45, 7) is 4.02. The molecule has 1 aliphatic rings. The van der Waals surface area contributed by atoms with E-state index >= 15 is 0 Å². The van der Waals surface area contributed by atoms with Crippen molar-refractivity contribution in [2.75, 3.05) is 12.4 Å². The van der Waals surface area contributed by atoms with Crippen LogP contribution >= 0.6 is 11.8 Å². The van der Waals surface area contributed by atoms with Gasteiger partial charge in [0.25, 0.3) is 0 Å². The monoisotopic (exact) mass is 236 g/mol. The van der Waals surface area contributed by atoms with Crippen LogP contribution in [0.4, 0.5) is 5.69 Å². The molecule has 2 N–H and O–H groups in total. The molecule has 0 aliphatic carbocycles. The van der Waals surface area contributed by atoms with E-state index in [1.165, 1.54) is 5.56 Å². The first-order chi connectivity index (χ1) is 7.61. The second-order valence-corrected chi connectivity index (χ2v) is 5.40. The summed E-state index contributed by atoms with van der Waals surface area (Å²) in [6, 6.07) is 6.54. The number of carbonyl (C=O) groups excluding carboxylic acids is 1. The smallest absolute Gasteiger partial charge is 0.237 e. The Morgan fingerprint density at radius 2 is 2.25 bits per heavy atom. The molecule has 0 radical (unpaired) electrons. The van der Waals surface area contributed by atoms with Crippen LogP contribution in [0.15, 0.2) is 23.1 Å². The number of rotatable bonds is 2. The topological polar surface area (TPSA) is 41.1 Å². The van der Waals surface area contributed by atoms with Crippen molar-refractivity contribution >= 4 is 23.4 Å². The van der Waals surface area contributed by atoms with Gasteiger partial charge in [-0.15, -0.1) is 11.8 Å². The molecule has 0 saturated heterocycles. The van der Waals surface area contributed by atoms with Crippen LogP contribution in [0.3, 0.4) is 0 Å². The molecule has 1 heterocycles. The molecule has 0 spiro atoms. The van der Waals surface area contributed by atoms with Crippen molar-refractivity contribution < 1.29 is 4.79 Å². The Bertz CT molecular complexity index is 419. The number of hydrogen-bond donors (Lipinski definition) is 2.